The first-order valence-corrected chi connectivity index (χ1v) is 7.01. The number of hydrogen-bond acceptors (Lipinski definition) is 4. The minimum absolute atomic E-state index is 0.244. The zero-order valence-corrected chi connectivity index (χ0v) is 11.6. The minimum atomic E-state index is 0.244. The molecule has 0 bridgehead atoms. The Labute approximate surface area is 119 Å². The van der Waals surface area contributed by atoms with Gasteiger partial charge in [0, 0.05) is 37.2 Å². The predicted octanol–water partition coefficient (Wildman–Crippen LogP) is 2.21. The Hall–Kier alpha value is -1.94. The molecular formula is C16H19N3O. The molecule has 0 spiro atoms. The van der Waals surface area contributed by atoms with Gasteiger partial charge in [-0.3, -0.25) is 0 Å². The van der Waals surface area contributed by atoms with Gasteiger partial charge in [0.1, 0.15) is 12.1 Å². The number of aliphatic hydroxyl groups excluding tert-OH is 1. The number of nitrogens with zero attached hydrogens (tertiary/aromatic N) is 3. The zero-order valence-electron chi connectivity index (χ0n) is 11.6. The first kappa shape index (κ1) is 13.1. The molecule has 0 radical (unpaired) electrons. The Morgan fingerprint density at radius 1 is 1.20 bits per heavy atom. The third-order valence-electron chi connectivity index (χ3n) is 4.05. The van der Waals surface area contributed by atoms with Crippen molar-refractivity contribution in [3.63, 3.8) is 0 Å². The van der Waals surface area contributed by atoms with Crippen LogP contribution in [0, 0.1) is 11.8 Å². The maximum Gasteiger partial charge on any atom is 0.132 e. The van der Waals surface area contributed by atoms with Gasteiger partial charge in [-0.25, -0.2) is 9.97 Å². The number of rotatable bonds is 3. The Bertz CT molecular complexity index is 573. The van der Waals surface area contributed by atoms with Gasteiger partial charge in [-0.1, -0.05) is 37.3 Å². The molecule has 1 aliphatic heterocycles. The van der Waals surface area contributed by atoms with Gasteiger partial charge in [0.15, 0.2) is 0 Å². The molecule has 0 saturated carbocycles. The van der Waals surface area contributed by atoms with Gasteiger partial charge >= 0.3 is 0 Å². The summed E-state index contributed by atoms with van der Waals surface area (Å²) in [5.74, 6) is 1.78. The van der Waals surface area contributed by atoms with Crippen LogP contribution in [0.15, 0.2) is 42.7 Å². The molecule has 0 unspecified atom stereocenters. The largest absolute Gasteiger partial charge is 0.396 e. The monoisotopic (exact) mass is 269 g/mol. The molecule has 0 amide bonds. The van der Waals surface area contributed by atoms with E-state index in [1.165, 1.54) is 0 Å². The van der Waals surface area contributed by atoms with Crippen molar-refractivity contribution in [2.24, 2.45) is 11.8 Å². The first-order valence-electron chi connectivity index (χ1n) is 7.01. The molecule has 4 nitrogen and oxygen atoms in total. The van der Waals surface area contributed by atoms with Crippen LogP contribution in [0.4, 0.5) is 5.82 Å². The lowest BCUT2D eigenvalue weighted by Crippen LogP contribution is -2.21. The van der Waals surface area contributed by atoms with Gasteiger partial charge in [-0.15, -0.1) is 0 Å². The standard InChI is InChI=1S/C16H19N3O/c1-12-8-19(9-14(12)10-20)16-7-15(17-11-18-16)13-5-3-2-4-6-13/h2-7,11-12,14,20H,8-10H2,1H3/t12-,14+/m1/s1. The summed E-state index contributed by atoms with van der Waals surface area (Å²) in [6.45, 7) is 4.23. The summed E-state index contributed by atoms with van der Waals surface area (Å²) in [4.78, 5) is 11.0. The molecule has 1 saturated heterocycles. The van der Waals surface area contributed by atoms with E-state index in [-0.39, 0.29) is 6.61 Å². The van der Waals surface area contributed by atoms with Gasteiger partial charge in [-0.05, 0) is 5.92 Å². The lowest BCUT2D eigenvalue weighted by Gasteiger charge is -2.17. The smallest absolute Gasteiger partial charge is 0.132 e. The first-order chi connectivity index (χ1) is 9.78. The highest BCUT2D eigenvalue weighted by atomic mass is 16.3. The van der Waals surface area contributed by atoms with Crippen LogP contribution in [0.3, 0.4) is 0 Å². The van der Waals surface area contributed by atoms with Crippen molar-refractivity contribution >= 4 is 5.82 Å². The third kappa shape index (κ3) is 2.51. The molecule has 0 aliphatic carbocycles. The van der Waals surface area contributed by atoms with Crippen LogP contribution in [0.25, 0.3) is 11.3 Å². The number of hydrogen-bond donors (Lipinski definition) is 1. The normalized spacial score (nSPS) is 22.2. The summed E-state index contributed by atoms with van der Waals surface area (Å²) in [7, 11) is 0. The van der Waals surface area contributed by atoms with Gasteiger partial charge in [-0.2, -0.15) is 0 Å². The Morgan fingerprint density at radius 3 is 2.70 bits per heavy atom. The van der Waals surface area contributed by atoms with E-state index < -0.39 is 0 Å². The van der Waals surface area contributed by atoms with E-state index >= 15 is 0 Å². The summed E-state index contributed by atoms with van der Waals surface area (Å²) in [5.41, 5.74) is 2.04. The van der Waals surface area contributed by atoms with Gasteiger partial charge in [0.25, 0.3) is 0 Å². The van der Waals surface area contributed by atoms with Crippen LogP contribution in [0.5, 0.6) is 0 Å². The summed E-state index contributed by atoms with van der Waals surface area (Å²) < 4.78 is 0. The molecule has 2 aromatic rings. The second-order valence-electron chi connectivity index (χ2n) is 5.45. The number of anilines is 1. The molecule has 1 aromatic carbocycles. The molecule has 104 valence electrons. The predicted molar refractivity (Wildman–Crippen MR) is 79.4 cm³/mol. The fraction of sp³-hybridized carbons (Fsp3) is 0.375. The van der Waals surface area contributed by atoms with Crippen LogP contribution in [0.2, 0.25) is 0 Å². The SMILES string of the molecule is C[C@@H]1CN(c2cc(-c3ccccc3)ncn2)C[C@H]1CO. The second-order valence-corrected chi connectivity index (χ2v) is 5.45. The topological polar surface area (TPSA) is 49.2 Å². The van der Waals surface area contributed by atoms with Crippen molar-refractivity contribution in [1.82, 2.24) is 9.97 Å². The average Bonchev–Trinajstić information content (AvgIpc) is 2.89. The van der Waals surface area contributed by atoms with Crippen LogP contribution < -0.4 is 4.90 Å². The van der Waals surface area contributed by atoms with Gasteiger partial charge < -0.3 is 10.0 Å². The van der Waals surface area contributed by atoms with Gasteiger partial charge in [0.2, 0.25) is 0 Å². The lowest BCUT2D eigenvalue weighted by atomic mass is 10.00. The summed E-state index contributed by atoms with van der Waals surface area (Å²) in [6, 6.07) is 12.2. The van der Waals surface area contributed by atoms with Crippen molar-refractivity contribution in [1.29, 1.82) is 0 Å². The van der Waals surface area contributed by atoms with E-state index in [2.05, 4.69) is 33.9 Å². The van der Waals surface area contributed by atoms with E-state index in [4.69, 9.17) is 0 Å². The highest BCUT2D eigenvalue weighted by Crippen LogP contribution is 2.28. The van der Waals surface area contributed by atoms with E-state index in [9.17, 15) is 5.11 Å². The molecule has 1 aromatic heterocycles. The fourth-order valence-electron chi connectivity index (χ4n) is 2.75. The summed E-state index contributed by atoms with van der Waals surface area (Å²) in [5, 5.41) is 9.37. The third-order valence-corrected chi connectivity index (χ3v) is 4.05. The molecular weight excluding hydrogens is 250 g/mol. The molecule has 3 rings (SSSR count). The van der Waals surface area contributed by atoms with E-state index in [0.29, 0.717) is 11.8 Å². The van der Waals surface area contributed by atoms with E-state index in [1.807, 2.05) is 24.3 Å². The molecule has 1 aliphatic rings. The van der Waals surface area contributed by atoms with Crippen molar-refractivity contribution in [2.45, 2.75) is 6.92 Å². The van der Waals surface area contributed by atoms with E-state index in [1.54, 1.807) is 6.33 Å². The van der Waals surface area contributed by atoms with Crippen LogP contribution in [0.1, 0.15) is 6.92 Å². The summed E-state index contributed by atoms with van der Waals surface area (Å²) >= 11 is 0. The average molecular weight is 269 g/mol. The molecule has 20 heavy (non-hydrogen) atoms. The van der Waals surface area contributed by atoms with Crippen LogP contribution >= 0.6 is 0 Å². The highest BCUT2D eigenvalue weighted by molar-refractivity contribution is 5.62. The molecule has 2 heterocycles. The maximum absolute atomic E-state index is 9.37. The van der Waals surface area contributed by atoms with Crippen molar-refractivity contribution < 1.29 is 5.11 Å². The van der Waals surface area contributed by atoms with Crippen LogP contribution in [-0.2, 0) is 0 Å². The Morgan fingerprint density at radius 2 is 2.00 bits per heavy atom. The number of aliphatic hydroxyl groups is 1. The Kier molecular flexibility index (Phi) is 3.65. The van der Waals surface area contributed by atoms with Crippen LogP contribution in [-0.4, -0.2) is 34.8 Å². The molecule has 1 N–H and O–H groups in total. The lowest BCUT2D eigenvalue weighted by molar-refractivity contribution is 0.212. The molecule has 2 atom stereocenters. The Balaban J connectivity index is 1.86. The highest BCUT2D eigenvalue weighted by Gasteiger charge is 2.29. The van der Waals surface area contributed by atoms with Crippen molar-refractivity contribution in [2.75, 3.05) is 24.6 Å². The quantitative estimate of drug-likeness (QED) is 0.928. The fourth-order valence-corrected chi connectivity index (χ4v) is 2.75. The minimum Gasteiger partial charge on any atom is -0.396 e. The van der Waals surface area contributed by atoms with Gasteiger partial charge in [0.05, 0.1) is 5.69 Å². The van der Waals surface area contributed by atoms with E-state index in [0.717, 1.165) is 30.2 Å². The summed E-state index contributed by atoms with van der Waals surface area (Å²) in [6.07, 6.45) is 1.62. The number of aromatic nitrogens is 2. The second kappa shape index (κ2) is 5.59. The zero-order chi connectivity index (χ0) is 13.9. The number of benzene rings is 1. The van der Waals surface area contributed by atoms with Crippen molar-refractivity contribution in [3.8, 4) is 11.3 Å². The molecule has 1 fully saturated rings. The maximum atomic E-state index is 9.37. The molecule has 4 heteroatoms. The van der Waals surface area contributed by atoms with Crippen molar-refractivity contribution in [3.05, 3.63) is 42.7 Å².